The van der Waals surface area contributed by atoms with Crippen molar-refractivity contribution in [3.8, 4) is 17.4 Å². The van der Waals surface area contributed by atoms with Crippen molar-refractivity contribution in [2.24, 2.45) is 0 Å². The molecule has 232 valence electrons. The predicted molar refractivity (Wildman–Crippen MR) is 175 cm³/mol. The van der Waals surface area contributed by atoms with Crippen molar-refractivity contribution >= 4 is 34.3 Å². The average molecular weight is 627 g/mol. The van der Waals surface area contributed by atoms with Crippen LogP contribution in [0.5, 0.6) is 17.4 Å². The molecule has 45 heavy (non-hydrogen) atoms. The van der Waals surface area contributed by atoms with Gasteiger partial charge in [-0.05, 0) is 61.6 Å². The van der Waals surface area contributed by atoms with Gasteiger partial charge >= 0.3 is 0 Å². The smallest absolute Gasteiger partial charge is 0.227 e. The van der Waals surface area contributed by atoms with Gasteiger partial charge in [0.05, 0.1) is 32.5 Å². The fraction of sp³-hybridized carbons (Fsp3) is 0.294. The Morgan fingerprint density at radius 2 is 1.60 bits per heavy atom. The van der Waals surface area contributed by atoms with Gasteiger partial charge in [-0.25, -0.2) is 24.3 Å². The fourth-order valence-electron chi connectivity index (χ4n) is 5.62. The molecular weight excluding hydrogens is 591 g/mol. The van der Waals surface area contributed by atoms with Crippen LogP contribution in [0.3, 0.4) is 0 Å². The third kappa shape index (κ3) is 6.17. The molecular formula is C34H35FN6O3S. The summed E-state index contributed by atoms with van der Waals surface area (Å²) in [4.78, 5) is 23.2. The highest BCUT2D eigenvalue weighted by Crippen LogP contribution is 2.41. The number of aromatic nitrogens is 4. The van der Waals surface area contributed by atoms with Crippen molar-refractivity contribution in [1.29, 1.82) is 0 Å². The fourth-order valence-corrected chi connectivity index (χ4v) is 5.98. The van der Waals surface area contributed by atoms with Crippen LogP contribution in [-0.2, 0) is 13.1 Å². The van der Waals surface area contributed by atoms with Crippen molar-refractivity contribution in [1.82, 2.24) is 19.9 Å². The van der Waals surface area contributed by atoms with Gasteiger partial charge in [0.2, 0.25) is 5.88 Å². The SMILES string of the molecule is COc1ccc(CN(Cc2ccc(OC)cc2)c2ncccc2[C@@H](C)N2CCOc3nc(C)c(F)c4nc(SC)nc2c34)cc1. The van der Waals surface area contributed by atoms with Crippen LogP contribution in [0.25, 0.3) is 10.9 Å². The minimum Gasteiger partial charge on any atom is -0.497 e. The van der Waals surface area contributed by atoms with E-state index >= 15 is 4.39 Å². The Bertz CT molecular complexity index is 1760. The molecule has 11 heteroatoms. The lowest BCUT2D eigenvalue weighted by molar-refractivity contribution is 0.315. The Kier molecular flexibility index (Phi) is 8.88. The minimum absolute atomic E-state index is 0.199. The highest BCUT2D eigenvalue weighted by molar-refractivity contribution is 7.98. The normalized spacial score (nSPS) is 13.2. The summed E-state index contributed by atoms with van der Waals surface area (Å²) in [7, 11) is 3.33. The van der Waals surface area contributed by atoms with Gasteiger partial charge in [0.15, 0.2) is 11.0 Å². The molecule has 0 bridgehead atoms. The zero-order valence-corrected chi connectivity index (χ0v) is 26.8. The van der Waals surface area contributed by atoms with Gasteiger partial charge in [-0.1, -0.05) is 42.1 Å². The molecule has 3 aromatic heterocycles. The van der Waals surface area contributed by atoms with Crippen LogP contribution in [0.1, 0.15) is 35.3 Å². The second-order valence-electron chi connectivity index (χ2n) is 10.8. The van der Waals surface area contributed by atoms with E-state index < -0.39 is 5.82 Å². The molecule has 2 aromatic carbocycles. The lowest BCUT2D eigenvalue weighted by Crippen LogP contribution is -2.33. The average Bonchev–Trinajstić information content (AvgIpc) is 3.26. The van der Waals surface area contributed by atoms with Gasteiger partial charge in [0, 0.05) is 24.8 Å². The minimum atomic E-state index is -0.460. The summed E-state index contributed by atoms with van der Waals surface area (Å²) in [5.74, 6) is 2.94. The second kappa shape index (κ2) is 13.2. The van der Waals surface area contributed by atoms with Gasteiger partial charge < -0.3 is 24.0 Å². The number of thioether (sulfide) groups is 1. The lowest BCUT2D eigenvalue weighted by atomic mass is 10.0. The standard InChI is InChI=1S/C34H35FN6O3S/c1-21-29(35)30-28-32(39-34(38-30)45-5)41(17-18-44-33(28)37-21)22(2)27-7-6-16-36-31(27)40(19-23-8-12-25(42-3)13-9-23)20-24-10-14-26(43-4)15-11-24/h6-16,22H,17-20H2,1-5H3/t22-/m1/s1. The molecule has 0 spiro atoms. The monoisotopic (exact) mass is 626 g/mol. The maximum atomic E-state index is 15.4. The highest BCUT2D eigenvalue weighted by atomic mass is 32.2. The zero-order chi connectivity index (χ0) is 31.5. The molecule has 0 radical (unpaired) electrons. The summed E-state index contributed by atoms with van der Waals surface area (Å²) < 4.78 is 32.3. The number of hydrogen-bond donors (Lipinski definition) is 0. The quantitative estimate of drug-likeness (QED) is 0.122. The summed E-state index contributed by atoms with van der Waals surface area (Å²) in [5, 5.41) is 0.970. The molecule has 0 saturated heterocycles. The number of pyridine rings is 2. The molecule has 1 aliphatic heterocycles. The summed E-state index contributed by atoms with van der Waals surface area (Å²) in [6.45, 7) is 5.85. The van der Waals surface area contributed by atoms with Gasteiger partial charge in [0.1, 0.15) is 40.6 Å². The molecule has 0 amide bonds. The van der Waals surface area contributed by atoms with Gasteiger partial charge in [0.25, 0.3) is 0 Å². The first-order valence-corrected chi connectivity index (χ1v) is 15.9. The molecule has 0 fully saturated rings. The maximum absolute atomic E-state index is 15.4. The topological polar surface area (TPSA) is 85.7 Å². The predicted octanol–water partition coefficient (Wildman–Crippen LogP) is 6.77. The molecule has 9 nitrogen and oxygen atoms in total. The first-order chi connectivity index (χ1) is 21.9. The number of halogens is 1. The largest absolute Gasteiger partial charge is 0.497 e. The Morgan fingerprint density at radius 1 is 0.956 bits per heavy atom. The molecule has 6 rings (SSSR count). The Labute approximate surface area is 266 Å². The lowest BCUT2D eigenvalue weighted by Gasteiger charge is -2.33. The first kappa shape index (κ1) is 30.4. The van der Waals surface area contributed by atoms with Crippen LogP contribution in [0.15, 0.2) is 72.0 Å². The number of ether oxygens (including phenoxy) is 3. The van der Waals surface area contributed by atoms with E-state index in [-0.39, 0.29) is 17.3 Å². The van der Waals surface area contributed by atoms with Crippen LogP contribution in [0.4, 0.5) is 16.0 Å². The van der Waals surface area contributed by atoms with E-state index in [1.807, 2.05) is 42.8 Å². The van der Waals surface area contributed by atoms with Crippen LogP contribution in [0, 0.1) is 12.7 Å². The van der Waals surface area contributed by atoms with Crippen LogP contribution in [-0.4, -0.2) is 53.6 Å². The number of aryl methyl sites for hydroxylation is 1. The van der Waals surface area contributed by atoms with E-state index in [1.54, 1.807) is 21.1 Å². The molecule has 4 heterocycles. The Morgan fingerprint density at radius 3 is 2.20 bits per heavy atom. The van der Waals surface area contributed by atoms with Crippen molar-refractivity contribution < 1.29 is 18.6 Å². The van der Waals surface area contributed by atoms with Crippen LogP contribution >= 0.6 is 11.8 Å². The van der Waals surface area contributed by atoms with Crippen LogP contribution < -0.4 is 24.0 Å². The first-order valence-electron chi connectivity index (χ1n) is 14.7. The number of hydrogen-bond acceptors (Lipinski definition) is 10. The van der Waals surface area contributed by atoms with Crippen LogP contribution in [0.2, 0.25) is 0 Å². The molecule has 1 atom stereocenters. The second-order valence-corrected chi connectivity index (χ2v) is 11.5. The Balaban J connectivity index is 1.43. The number of methoxy groups -OCH3 is 2. The van der Waals surface area contributed by atoms with Gasteiger partial charge in [-0.3, -0.25) is 0 Å². The van der Waals surface area contributed by atoms with Crippen molar-refractivity contribution in [2.45, 2.75) is 38.1 Å². The number of rotatable bonds is 10. The van der Waals surface area contributed by atoms with Crippen molar-refractivity contribution in [3.05, 3.63) is 95.1 Å². The molecule has 0 saturated carbocycles. The van der Waals surface area contributed by atoms with Gasteiger partial charge in [-0.15, -0.1) is 0 Å². The summed E-state index contributed by atoms with van der Waals surface area (Å²) in [5.41, 5.74) is 3.70. The molecule has 0 N–H and O–H groups in total. The maximum Gasteiger partial charge on any atom is 0.227 e. The van der Waals surface area contributed by atoms with E-state index in [0.29, 0.717) is 48.5 Å². The summed E-state index contributed by atoms with van der Waals surface area (Å²) >= 11 is 1.37. The molecule has 0 unspecified atom stereocenters. The number of nitrogens with zero attached hydrogens (tertiary/aromatic N) is 6. The third-order valence-corrected chi connectivity index (χ3v) is 8.55. The van der Waals surface area contributed by atoms with E-state index in [9.17, 15) is 0 Å². The summed E-state index contributed by atoms with van der Waals surface area (Å²) in [6, 6.07) is 20.0. The van der Waals surface area contributed by atoms with E-state index in [1.165, 1.54) is 11.8 Å². The van der Waals surface area contributed by atoms with E-state index in [2.05, 4.69) is 57.0 Å². The van der Waals surface area contributed by atoms with Crippen molar-refractivity contribution in [3.63, 3.8) is 0 Å². The third-order valence-electron chi connectivity index (χ3n) is 8.00. The molecule has 0 aliphatic carbocycles. The number of anilines is 2. The molecule has 1 aliphatic rings. The van der Waals surface area contributed by atoms with E-state index in [0.717, 1.165) is 34.0 Å². The molecule has 5 aromatic rings. The van der Waals surface area contributed by atoms with Gasteiger partial charge in [-0.2, -0.15) is 0 Å². The van der Waals surface area contributed by atoms with E-state index in [4.69, 9.17) is 24.2 Å². The number of benzene rings is 2. The highest BCUT2D eigenvalue weighted by Gasteiger charge is 2.31. The summed E-state index contributed by atoms with van der Waals surface area (Å²) in [6.07, 6.45) is 3.70. The van der Waals surface area contributed by atoms with Crippen molar-refractivity contribution in [2.75, 3.05) is 43.4 Å². The zero-order valence-electron chi connectivity index (χ0n) is 26.0. The Hall–Kier alpha value is -4.64.